The van der Waals surface area contributed by atoms with Crippen molar-refractivity contribution in [2.45, 2.75) is 31.7 Å². The first-order valence-electron chi connectivity index (χ1n) is 6.71. The Labute approximate surface area is 120 Å². The van der Waals surface area contributed by atoms with Gasteiger partial charge in [0.2, 0.25) is 5.91 Å². The fourth-order valence-corrected chi connectivity index (χ4v) is 3.27. The zero-order chi connectivity index (χ0) is 14.3. The summed E-state index contributed by atoms with van der Waals surface area (Å²) >= 11 is 5.61. The van der Waals surface area contributed by atoms with E-state index in [0.717, 1.165) is 12.8 Å². The van der Waals surface area contributed by atoms with Gasteiger partial charge < -0.3 is 4.90 Å². The Morgan fingerprint density at radius 1 is 1.40 bits per heavy atom. The van der Waals surface area contributed by atoms with Crippen LogP contribution in [0.2, 0.25) is 5.15 Å². The first-order valence-corrected chi connectivity index (χ1v) is 7.09. The van der Waals surface area contributed by atoms with E-state index in [9.17, 15) is 14.0 Å². The molecule has 0 saturated carbocycles. The molecule has 1 aromatic heterocycles. The Morgan fingerprint density at radius 2 is 2.20 bits per heavy atom. The van der Waals surface area contributed by atoms with Gasteiger partial charge in [0.1, 0.15) is 0 Å². The van der Waals surface area contributed by atoms with Crippen molar-refractivity contribution in [3.05, 3.63) is 28.8 Å². The van der Waals surface area contributed by atoms with E-state index in [0.29, 0.717) is 19.4 Å². The fraction of sp³-hybridized carbons (Fsp3) is 0.500. The molecule has 0 bridgehead atoms. The molecular weight excluding hydrogens is 283 g/mol. The van der Waals surface area contributed by atoms with Crippen LogP contribution in [0.5, 0.6) is 0 Å². The van der Waals surface area contributed by atoms with Crippen LogP contribution >= 0.6 is 11.6 Å². The normalized spacial score (nSPS) is 25.7. The Kier molecular flexibility index (Phi) is 3.46. The third kappa shape index (κ3) is 2.20. The summed E-state index contributed by atoms with van der Waals surface area (Å²) in [5.41, 5.74) is -0.0277. The summed E-state index contributed by atoms with van der Waals surface area (Å²) in [6.45, 7) is 0.391. The quantitative estimate of drug-likeness (QED) is 0.622. The molecule has 2 saturated heterocycles. The summed E-state index contributed by atoms with van der Waals surface area (Å²) in [6.07, 6.45) is 4.25. The second-order valence-electron chi connectivity index (χ2n) is 5.34. The van der Waals surface area contributed by atoms with Gasteiger partial charge in [-0.2, -0.15) is 0 Å². The standard InChI is InChI=1S/C14H14ClFN2O2/c15-14-12(16)10(5-6-17-14)13(20)8-1-2-9-3-4-11(19)18(9)7-8/h5-6,8-9H,1-4,7H2/t8-,9+/m1/s1. The molecule has 2 aliphatic rings. The molecule has 2 fully saturated rings. The van der Waals surface area contributed by atoms with Crippen molar-refractivity contribution in [1.82, 2.24) is 9.88 Å². The molecule has 0 radical (unpaired) electrons. The van der Waals surface area contributed by atoms with Gasteiger partial charge in [-0.1, -0.05) is 11.6 Å². The Bertz CT molecular complexity index is 578. The van der Waals surface area contributed by atoms with Gasteiger partial charge in [0, 0.05) is 31.1 Å². The van der Waals surface area contributed by atoms with E-state index in [1.807, 2.05) is 0 Å². The van der Waals surface area contributed by atoms with Gasteiger partial charge >= 0.3 is 0 Å². The Morgan fingerprint density at radius 3 is 3.00 bits per heavy atom. The van der Waals surface area contributed by atoms with Crippen molar-refractivity contribution < 1.29 is 14.0 Å². The fourth-order valence-electron chi connectivity index (χ4n) is 3.11. The molecular formula is C14H14ClFN2O2. The van der Waals surface area contributed by atoms with E-state index in [2.05, 4.69) is 4.98 Å². The number of aromatic nitrogens is 1. The number of pyridine rings is 1. The lowest BCUT2D eigenvalue weighted by Crippen LogP contribution is -2.44. The molecule has 0 spiro atoms. The molecule has 2 atom stereocenters. The number of rotatable bonds is 2. The molecule has 0 N–H and O–H groups in total. The second kappa shape index (κ2) is 5.13. The van der Waals surface area contributed by atoms with E-state index in [1.54, 1.807) is 4.90 Å². The van der Waals surface area contributed by atoms with Crippen LogP contribution in [0, 0.1) is 11.7 Å². The molecule has 1 amide bonds. The lowest BCUT2D eigenvalue weighted by Gasteiger charge is -2.34. The molecule has 1 aromatic rings. The maximum Gasteiger partial charge on any atom is 0.222 e. The molecule has 106 valence electrons. The van der Waals surface area contributed by atoms with Gasteiger partial charge in [0.15, 0.2) is 16.8 Å². The number of halogens is 2. The monoisotopic (exact) mass is 296 g/mol. The van der Waals surface area contributed by atoms with Gasteiger partial charge in [-0.25, -0.2) is 9.37 Å². The summed E-state index contributed by atoms with van der Waals surface area (Å²) in [5, 5.41) is -0.290. The van der Waals surface area contributed by atoms with E-state index >= 15 is 0 Å². The first-order chi connectivity index (χ1) is 9.58. The van der Waals surface area contributed by atoms with Crippen LogP contribution in [0.1, 0.15) is 36.0 Å². The molecule has 0 aliphatic carbocycles. The highest BCUT2D eigenvalue weighted by Gasteiger charge is 2.39. The highest BCUT2D eigenvalue weighted by atomic mass is 35.5. The van der Waals surface area contributed by atoms with E-state index in [1.165, 1.54) is 12.3 Å². The number of nitrogens with zero attached hydrogens (tertiary/aromatic N) is 2. The van der Waals surface area contributed by atoms with Crippen molar-refractivity contribution in [1.29, 1.82) is 0 Å². The summed E-state index contributed by atoms with van der Waals surface area (Å²) in [7, 11) is 0. The maximum atomic E-state index is 13.9. The third-order valence-electron chi connectivity index (χ3n) is 4.20. The zero-order valence-corrected chi connectivity index (χ0v) is 11.6. The van der Waals surface area contributed by atoms with Crippen molar-refractivity contribution in [3.8, 4) is 0 Å². The van der Waals surface area contributed by atoms with Crippen molar-refractivity contribution in [2.24, 2.45) is 5.92 Å². The van der Waals surface area contributed by atoms with Gasteiger partial charge in [-0.3, -0.25) is 9.59 Å². The third-order valence-corrected chi connectivity index (χ3v) is 4.46. The van der Waals surface area contributed by atoms with E-state index in [4.69, 9.17) is 11.6 Å². The summed E-state index contributed by atoms with van der Waals surface area (Å²) in [4.78, 5) is 29.5. The number of carbonyl (C=O) groups is 2. The van der Waals surface area contributed by atoms with Gasteiger partial charge in [0.05, 0.1) is 5.56 Å². The zero-order valence-electron chi connectivity index (χ0n) is 10.8. The lowest BCUT2D eigenvalue weighted by molar-refractivity contribution is -0.130. The molecule has 4 nitrogen and oxygen atoms in total. The number of fused-ring (bicyclic) bond motifs is 1. The Balaban J connectivity index is 1.81. The molecule has 6 heteroatoms. The number of Topliss-reactive ketones (excluding diaryl/α,β-unsaturated/α-hetero) is 1. The minimum absolute atomic E-state index is 0.0277. The SMILES string of the molecule is O=C(c1ccnc(Cl)c1F)[C@@H]1CC[C@H]2CCC(=O)N2C1. The van der Waals surface area contributed by atoms with Crippen LogP contribution in [0.15, 0.2) is 12.3 Å². The van der Waals surface area contributed by atoms with Crippen LogP contribution in [-0.4, -0.2) is 34.2 Å². The van der Waals surface area contributed by atoms with E-state index < -0.39 is 5.82 Å². The number of ketones is 1. The van der Waals surface area contributed by atoms with Crippen LogP contribution < -0.4 is 0 Å². The largest absolute Gasteiger partial charge is 0.339 e. The van der Waals surface area contributed by atoms with Crippen molar-refractivity contribution >= 4 is 23.3 Å². The lowest BCUT2D eigenvalue weighted by atomic mass is 9.87. The second-order valence-corrected chi connectivity index (χ2v) is 5.70. The van der Waals surface area contributed by atoms with Crippen LogP contribution in [-0.2, 0) is 4.79 Å². The molecule has 3 heterocycles. The van der Waals surface area contributed by atoms with Crippen LogP contribution in [0.3, 0.4) is 0 Å². The Hall–Kier alpha value is -1.49. The predicted octanol–water partition coefficient (Wildman–Crippen LogP) is 2.46. The number of hydrogen-bond acceptors (Lipinski definition) is 3. The topological polar surface area (TPSA) is 50.3 Å². The highest BCUT2D eigenvalue weighted by Crippen LogP contribution is 2.32. The molecule has 0 aromatic carbocycles. The smallest absolute Gasteiger partial charge is 0.222 e. The highest BCUT2D eigenvalue weighted by molar-refractivity contribution is 6.30. The van der Waals surface area contributed by atoms with Crippen LogP contribution in [0.4, 0.5) is 4.39 Å². The average Bonchev–Trinajstić information content (AvgIpc) is 2.82. The average molecular weight is 297 g/mol. The number of carbonyl (C=O) groups excluding carboxylic acids is 2. The van der Waals surface area contributed by atoms with Crippen molar-refractivity contribution in [2.75, 3.05) is 6.54 Å². The number of piperidine rings is 1. The molecule has 2 aliphatic heterocycles. The minimum Gasteiger partial charge on any atom is -0.339 e. The van der Waals surface area contributed by atoms with Gasteiger partial charge in [0.25, 0.3) is 0 Å². The van der Waals surface area contributed by atoms with Crippen molar-refractivity contribution in [3.63, 3.8) is 0 Å². The first kappa shape index (κ1) is 13.5. The van der Waals surface area contributed by atoms with Gasteiger partial charge in [-0.05, 0) is 25.3 Å². The van der Waals surface area contributed by atoms with Gasteiger partial charge in [-0.15, -0.1) is 0 Å². The van der Waals surface area contributed by atoms with E-state index in [-0.39, 0.29) is 34.4 Å². The summed E-state index contributed by atoms with van der Waals surface area (Å²) in [6, 6.07) is 1.61. The molecule has 3 rings (SSSR count). The summed E-state index contributed by atoms with van der Waals surface area (Å²) in [5.74, 6) is -1.30. The molecule has 20 heavy (non-hydrogen) atoms. The number of amides is 1. The molecule has 0 unspecified atom stereocenters. The maximum absolute atomic E-state index is 13.9. The summed E-state index contributed by atoms with van der Waals surface area (Å²) < 4.78 is 13.9. The number of hydrogen-bond donors (Lipinski definition) is 0. The van der Waals surface area contributed by atoms with Crippen LogP contribution in [0.25, 0.3) is 0 Å². The minimum atomic E-state index is -0.769. The predicted molar refractivity (Wildman–Crippen MR) is 71.0 cm³/mol.